The fourth-order valence-corrected chi connectivity index (χ4v) is 5.26. The van der Waals surface area contributed by atoms with Crippen LogP contribution in [0.5, 0.6) is 0 Å². The number of likely N-dealkylation sites (tertiary alicyclic amines) is 1. The molecular formula is C25H27FN2O4S. The fraction of sp³-hybridized carbons (Fsp3) is 0.360. The highest BCUT2D eigenvalue weighted by molar-refractivity contribution is 7.16. The van der Waals surface area contributed by atoms with Crippen LogP contribution in [0.15, 0.2) is 53.1 Å². The number of rotatable bonds is 7. The second-order valence-corrected chi connectivity index (χ2v) is 9.35. The van der Waals surface area contributed by atoms with Crippen molar-refractivity contribution in [2.24, 2.45) is 5.92 Å². The molecule has 1 saturated heterocycles. The molecule has 3 heterocycles. The van der Waals surface area contributed by atoms with Crippen LogP contribution in [0.2, 0.25) is 0 Å². The summed E-state index contributed by atoms with van der Waals surface area (Å²) in [6.07, 6.45) is 2.79. The van der Waals surface area contributed by atoms with E-state index in [1.54, 1.807) is 18.2 Å². The van der Waals surface area contributed by atoms with Gasteiger partial charge in [0.1, 0.15) is 10.8 Å². The molecule has 1 amide bonds. The van der Waals surface area contributed by atoms with Crippen molar-refractivity contribution < 1.29 is 23.1 Å². The molecular weight excluding hydrogens is 443 g/mol. The van der Waals surface area contributed by atoms with Gasteiger partial charge in [-0.3, -0.25) is 14.5 Å². The number of nitrogens with one attached hydrogen (secondary N) is 1. The average Bonchev–Trinajstić information content (AvgIpc) is 3.45. The molecule has 3 aromatic rings. The number of furan rings is 1. The Morgan fingerprint density at radius 3 is 2.70 bits per heavy atom. The van der Waals surface area contributed by atoms with Gasteiger partial charge >= 0.3 is 5.97 Å². The first-order chi connectivity index (χ1) is 16.0. The van der Waals surface area contributed by atoms with Crippen molar-refractivity contribution >= 4 is 28.2 Å². The maximum atomic E-state index is 14.2. The van der Waals surface area contributed by atoms with Gasteiger partial charge in [-0.05, 0) is 75.7 Å². The van der Waals surface area contributed by atoms with E-state index in [9.17, 15) is 14.0 Å². The Morgan fingerprint density at radius 2 is 2.03 bits per heavy atom. The average molecular weight is 471 g/mol. The van der Waals surface area contributed by atoms with Gasteiger partial charge in [0, 0.05) is 10.4 Å². The van der Waals surface area contributed by atoms with E-state index in [0.29, 0.717) is 37.5 Å². The lowest BCUT2D eigenvalue weighted by atomic mass is 9.91. The third-order valence-electron chi connectivity index (χ3n) is 5.83. The first kappa shape index (κ1) is 23.2. The number of amides is 1. The number of aryl methyl sites for hydroxylation is 1. The van der Waals surface area contributed by atoms with Gasteiger partial charge in [-0.2, -0.15) is 0 Å². The lowest BCUT2D eigenvalue weighted by Gasteiger charge is -2.37. The van der Waals surface area contributed by atoms with Gasteiger partial charge in [0.2, 0.25) is 0 Å². The largest absolute Gasteiger partial charge is 0.466 e. The van der Waals surface area contributed by atoms with E-state index in [1.807, 2.05) is 26.0 Å². The molecule has 174 valence electrons. The van der Waals surface area contributed by atoms with Crippen LogP contribution in [-0.4, -0.2) is 36.5 Å². The van der Waals surface area contributed by atoms with Crippen molar-refractivity contribution in [3.05, 3.63) is 76.3 Å². The van der Waals surface area contributed by atoms with Gasteiger partial charge in [0.25, 0.3) is 5.91 Å². The van der Waals surface area contributed by atoms with Crippen molar-refractivity contribution in [1.29, 1.82) is 0 Å². The number of halogens is 1. The molecule has 0 saturated carbocycles. The Kier molecular flexibility index (Phi) is 7.25. The molecule has 6 nitrogen and oxygen atoms in total. The number of thiophene rings is 1. The molecule has 1 unspecified atom stereocenters. The Balaban J connectivity index is 1.64. The van der Waals surface area contributed by atoms with Crippen LogP contribution in [0.4, 0.5) is 9.39 Å². The Bertz CT molecular complexity index is 1100. The minimum Gasteiger partial charge on any atom is -0.466 e. The van der Waals surface area contributed by atoms with Crippen LogP contribution >= 0.6 is 11.3 Å². The summed E-state index contributed by atoms with van der Waals surface area (Å²) < 4.78 is 24.6. The van der Waals surface area contributed by atoms with Gasteiger partial charge in [-0.25, -0.2) is 4.39 Å². The van der Waals surface area contributed by atoms with E-state index >= 15 is 0 Å². The van der Waals surface area contributed by atoms with Gasteiger partial charge < -0.3 is 14.5 Å². The molecule has 2 aromatic heterocycles. The van der Waals surface area contributed by atoms with E-state index < -0.39 is 0 Å². The van der Waals surface area contributed by atoms with E-state index in [2.05, 4.69) is 10.2 Å². The molecule has 4 rings (SSSR count). The number of esters is 1. The van der Waals surface area contributed by atoms with E-state index in [1.165, 1.54) is 29.7 Å². The Labute approximate surface area is 196 Å². The molecule has 0 bridgehead atoms. The summed E-state index contributed by atoms with van der Waals surface area (Å²) in [5.41, 5.74) is 1.70. The quantitative estimate of drug-likeness (QED) is 0.468. The predicted molar refractivity (Wildman–Crippen MR) is 125 cm³/mol. The normalized spacial score (nSPS) is 15.8. The van der Waals surface area contributed by atoms with E-state index in [4.69, 9.17) is 9.15 Å². The molecule has 1 N–H and O–H groups in total. The van der Waals surface area contributed by atoms with Crippen molar-refractivity contribution in [1.82, 2.24) is 4.90 Å². The van der Waals surface area contributed by atoms with E-state index in [-0.39, 0.29) is 35.4 Å². The highest BCUT2D eigenvalue weighted by Gasteiger charge is 2.33. The van der Waals surface area contributed by atoms with E-state index in [0.717, 1.165) is 16.0 Å². The molecule has 1 atom stereocenters. The number of nitrogens with zero attached hydrogens (tertiary/aromatic N) is 1. The Hall–Kier alpha value is -2.97. The van der Waals surface area contributed by atoms with Gasteiger partial charge in [0.15, 0.2) is 5.76 Å². The zero-order valence-corrected chi connectivity index (χ0v) is 19.5. The van der Waals surface area contributed by atoms with Gasteiger partial charge in [0.05, 0.1) is 24.8 Å². The van der Waals surface area contributed by atoms with Crippen LogP contribution in [0.25, 0.3) is 0 Å². The fourth-order valence-electron chi connectivity index (χ4n) is 4.32. The monoisotopic (exact) mass is 470 g/mol. The summed E-state index contributed by atoms with van der Waals surface area (Å²) in [5, 5.41) is 3.68. The number of ether oxygens (including phenoxy) is 1. The standard InChI is InChI=1S/C25H27FN2O4S/c1-3-31-25(30)17-9-11-28(12-10-17)22(18-6-4-7-19(26)15-18)20-14-16(2)33-24(20)27-23(29)21-8-5-13-32-21/h4-8,13-15,17,22H,3,9-12H2,1-2H3,(H,27,29). The second kappa shape index (κ2) is 10.3. The minimum absolute atomic E-state index is 0.128. The minimum atomic E-state index is -0.331. The number of hydrogen-bond acceptors (Lipinski definition) is 6. The molecule has 1 fully saturated rings. The van der Waals surface area contributed by atoms with Crippen molar-refractivity contribution in [3.8, 4) is 0 Å². The third-order valence-corrected chi connectivity index (χ3v) is 6.81. The molecule has 0 spiro atoms. The zero-order valence-electron chi connectivity index (χ0n) is 18.7. The summed E-state index contributed by atoms with van der Waals surface area (Å²) >= 11 is 1.48. The Morgan fingerprint density at radius 1 is 1.24 bits per heavy atom. The zero-order chi connectivity index (χ0) is 23.4. The number of carbonyl (C=O) groups excluding carboxylic acids is 2. The highest BCUT2D eigenvalue weighted by Crippen LogP contribution is 2.41. The molecule has 1 aliphatic rings. The lowest BCUT2D eigenvalue weighted by Crippen LogP contribution is -2.39. The van der Waals surface area contributed by atoms with Crippen LogP contribution < -0.4 is 5.32 Å². The van der Waals surface area contributed by atoms with Crippen LogP contribution in [0.3, 0.4) is 0 Å². The number of benzene rings is 1. The highest BCUT2D eigenvalue weighted by atomic mass is 32.1. The van der Waals surface area contributed by atoms with Crippen LogP contribution in [0.1, 0.15) is 52.4 Å². The van der Waals surface area contributed by atoms with Crippen molar-refractivity contribution in [2.75, 3.05) is 25.0 Å². The number of hydrogen-bond donors (Lipinski definition) is 1. The number of carbonyl (C=O) groups is 2. The topological polar surface area (TPSA) is 71.8 Å². The molecule has 0 radical (unpaired) electrons. The number of piperidine rings is 1. The van der Waals surface area contributed by atoms with Gasteiger partial charge in [-0.1, -0.05) is 12.1 Å². The molecule has 33 heavy (non-hydrogen) atoms. The molecule has 8 heteroatoms. The third kappa shape index (κ3) is 5.34. The first-order valence-corrected chi connectivity index (χ1v) is 11.9. The maximum Gasteiger partial charge on any atom is 0.309 e. The summed E-state index contributed by atoms with van der Waals surface area (Å²) in [5.74, 6) is -0.701. The summed E-state index contributed by atoms with van der Waals surface area (Å²) in [6.45, 7) is 5.48. The number of anilines is 1. The molecule has 1 aromatic carbocycles. The molecule has 0 aliphatic carbocycles. The smallest absolute Gasteiger partial charge is 0.309 e. The summed E-state index contributed by atoms with van der Waals surface area (Å²) in [7, 11) is 0. The lowest BCUT2D eigenvalue weighted by molar-refractivity contribution is -0.149. The maximum absolute atomic E-state index is 14.2. The second-order valence-electron chi connectivity index (χ2n) is 8.09. The van der Waals surface area contributed by atoms with Gasteiger partial charge in [-0.15, -0.1) is 11.3 Å². The predicted octanol–water partition coefficient (Wildman–Crippen LogP) is 5.41. The SMILES string of the molecule is CCOC(=O)C1CCN(C(c2cccc(F)c2)c2cc(C)sc2NC(=O)c2ccco2)CC1. The van der Waals surface area contributed by atoms with Crippen molar-refractivity contribution in [2.45, 2.75) is 32.7 Å². The summed E-state index contributed by atoms with van der Waals surface area (Å²) in [6, 6.07) is 11.6. The van der Waals surface area contributed by atoms with Crippen molar-refractivity contribution in [3.63, 3.8) is 0 Å². The first-order valence-electron chi connectivity index (χ1n) is 11.1. The summed E-state index contributed by atoms with van der Waals surface area (Å²) in [4.78, 5) is 28.2. The van der Waals surface area contributed by atoms with Crippen LogP contribution in [0, 0.1) is 18.7 Å². The molecule has 1 aliphatic heterocycles. The van der Waals surface area contributed by atoms with Crippen LogP contribution in [-0.2, 0) is 9.53 Å².